The molecule has 1 aliphatic carbocycles. The fourth-order valence-electron chi connectivity index (χ4n) is 4.03. The molecule has 20 heavy (non-hydrogen) atoms. The van der Waals surface area contributed by atoms with Crippen LogP contribution in [0.5, 0.6) is 0 Å². The zero-order valence-corrected chi connectivity index (χ0v) is 12.9. The summed E-state index contributed by atoms with van der Waals surface area (Å²) in [6.07, 6.45) is 10.4. The molecule has 0 bridgehead atoms. The zero-order chi connectivity index (χ0) is 13.9. The molecule has 2 heterocycles. The van der Waals surface area contributed by atoms with E-state index in [1.807, 2.05) is 11.7 Å². The number of aromatic nitrogens is 2. The monoisotopic (exact) mass is 276 g/mol. The molecule has 1 aromatic heterocycles. The van der Waals surface area contributed by atoms with Gasteiger partial charge in [0.2, 0.25) is 0 Å². The van der Waals surface area contributed by atoms with Crippen LogP contribution in [0.3, 0.4) is 0 Å². The van der Waals surface area contributed by atoms with Gasteiger partial charge in [-0.3, -0.25) is 4.68 Å². The highest BCUT2D eigenvalue weighted by molar-refractivity contribution is 5.15. The second kappa shape index (κ2) is 6.27. The summed E-state index contributed by atoms with van der Waals surface area (Å²) in [5.41, 5.74) is 2.50. The summed E-state index contributed by atoms with van der Waals surface area (Å²) in [5, 5.41) is 12.0. The summed E-state index contributed by atoms with van der Waals surface area (Å²) in [7, 11) is 2.00. The minimum atomic E-state index is 0.680. The van der Waals surface area contributed by atoms with Crippen molar-refractivity contribution in [3.63, 3.8) is 0 Å². The number of rotatable bonds is 4. The Morgan fingerprint density at radius 1 is 1.30 bits per heavy atom. The molecule has 2 aliphatic rings. The summed E-state index contributed by atoms with van der Waals surface area (Å²) in [5.74, 6) is 0.822. The Kier molecular flexibility index (Phi) is 4.41. The molecule has 112 valence electrons. The van der Waals surface area contributed by atoms with Crippen LogP contribution >= 0.6 is 0 Å². The molecule has 3 unspecified atom stereocenters. The molecular weight excluding hydrogens is 248 g/mol. The Morgan fingerprint density at radius 2 is 2.15 bits per heavy atom. The zero-order valence-electron chi connectivity index (χ0n) is 12.9. The molecule has 3 rings (SSSR count). The molecule has 0 amide bonds. The Labute approximate surface area is 122 Å². The van der Waals surface area contributed by atoms with Gasteiger partial charge >= 0.3 is 0 Å². The molecule has 0 aromatic carbocycles. The second-order valence-corrected chi connectivity index (χ2v) is 6.55. The van der Waals surface area contributed by atoms with Crippen molar-refractivity contribution in [1.29, 1.82) is 0 Å². The van der Waals surface area contributed by atoms with Gasteiger partial charge in [0, 0.05) is 37.4 Å². The smallest absolute Gasteiger partial charge is 0.0638 e. The molecule has 4 nitrogen and oxygen atoms in total. The van der Waals surface area contributed by atoms with E-state index in [0.717, 1.165) is 24.2 Å². The lowest BCUT2D eigenvalue weighted by atomic mass is 9.79. The van der Waals surface area contributed by atoms with Gasteiger partial charge in [-0.25, -0.2) is 0 Å². The molecule has 2 N–H and O–H groups in total. The highest BCUT2D eigenvalue weighted by Crippen LogP contribution is 2.30. The summed E-state index contributed by atoms with van der Waals surface area (Å²) in [4.78, 5) is 0. The van der Waals surface area contributed by atoms with Gasteiger partial charge in [0.25, 0.3) is 0 Å². The number of aryl methyl sites for hydroxylation is 2. The summed E-state index contributed by atoms with van der Waals surface area (Å²) in [6, 6.07) is 1.43. The van der Waals surface area contributed by atoms with Crippen LogP contribution in [0.15, 0.2) is 6.20 Å². The molecule has 0 radical (unpaired) electrons. The maximum atomic E-state index is 4.44. The third-order valence-electron chi connectivity index (χ3n) is 5.10. The molecule has 1 aromatic rings. The van der Waals surface area contributed by atoms with E-state index >= 15 is 0 Å². The van der Waals surface area contributed by atoms with E-state index in [9.17, 15) is 0 Å². The highest BCUT2D eigenvalue weighted by Gasteiger charge is 2.32. The summed E-state index contributed by atoms with van der Waals surface area (Å²) < 4.78 is 1.92. The van der Waals surface area contributed by atoms with Crippen molar-refractivity contribution in [3.05, 3.63) is 17.5 Å². The average molecular weight is 276 g/mol. The maximum Gasteiger partial charge on any atom is 0.0638 e. The molecule has 0 spiro atoms. The summed E-state index contributed by atoms with van der Waals surface area (Å²) >= 11 is 0. The first-order valence-electron chi connectivity index (χ1n) is 8.20. The molecule has 2 fully saturated rings. The van der Waals surface area contributed by atoms with Gasteiger partial charge < -0.3 is 10.6 Å². The van der Waals surface area contributed by atoms with Crippen LogP contribution in [0.1, 0.15) is 49.8 Å². The lowest BCUT2D eigenvalue weighted by molar-refractivity contribution is 0.213. The van der Waals surface area contributed by atoms with Gasteiger partial charge in [-0.15, -0.1) is 0 Å². The normalized spacial score (nSPS) is 30.8. The number of hydrogen-bond donors (Lipinski definition) is 2. The molecular formula is C16H28N4. The molecule has 3 atom stereocenters. The van der Waals surface area contributed by atoms with Crippen LogP contribution in [0, 0.1) is 12.8 Å². The lowest BCUT2D eigenvalue weighted by Crippen LogP contribution is -2.46. The fraction of sp³-hybridized carbons (Fsp3) is 0.812. The first-order chi connectivity index (χ1) is 9.74. The van der Waals surface area contributed by atoms with Crippen molar-refractivity contribution in [2.75, 3.05) is 6.54 Å². The first kappa shape index (κ1) is 14.1. The number of hydrogen-bond acceptors (Lipinski definition) is 3. The van der Waals surface area contributed by atoms with E-state index in [4.69, 9.17) is 0 Å². The first-order valence-corrected chi connectivity index (χ1v) is 8.20. The van der Waals surface area contributed by atoms with Crippen LogP contribution < -0.4 is 10.6 Å². The van der Waals surface area contributed by atoms with E-state index < -0.39 is 0 Å². The fourth-order valence-corrected chi connectivity index (χ4v) is 4.03. The van der Waals surface area contributed by atoms with Crippen molar-refractivity contribution >= 4 is 0 Å². The maximum absolute atomic E-state index is 4.44. The van der Waals surface area contributed by atoms with E-state index in [1.54, 1.807) is 0 Å². The van der Waals surface area contributed by atoms with Crippen LogP contribution in [0.25, 0.3) is 0 Å². The molecule has 1 saturated heterocycles. The van der Waals surface area contributed by atoms with Crippen LogP contribution in [-0.2, 0) is 13.6 Å². The van der Waals surface area contributed by atoms with E-state index in [-0.39, 0.29) is 0 Å². The third kappa shape index (κ3) is 3.07. The van der Waals surface area contributed by atoms with Crippen LogP contribution in [0.2, 0.25) is 0 Å². The van der Waals surface area contributed by atoms with Gasteiger partial charge in [-0.2, -0.15) is 5.10 Å². The number of nitrogens with zero attached hydrogens (tertiary/aromatic N) is 2. The minimum absolute atomic E-state index is 0.680. The Hall–Kier alpha value is -0.870. The average Bonchev–Trinajstić information content (AvgIpc) is 3.07. The number of nitrogens with one attached hydrogen (secondary N) is 2. The van der Waals surface area contributed by atoms with E-state index in [0.29, 0.717) is 6.04 Å². The summed E-state index contributed by atoms with van der Waals surface area (Å²) in [6.45, 7) is 4.29. The molecule has 4 heteroatoms. The third-order valence-corrected chi connectivity index (χ3v) is 5.10. The van der Waals surface area contributed by atoms with Crippen molar-refractivity contribution < 1.29 is 0 Å². The standard InChI is InChI=1S/C16H28N4/c1-12-13(11-20(2)19-12)10-18-16-7-4-3-6-14(16)15-8-5-9-17-15/h11,14-18H,3-10H2,1-2H3. The SMILES string of the molecule is Cc1nn(C)cc1CNC1CCCCC1C1CCCN1. The predicted octanol–water partition coefficient (Wildman–Crippen LogP) is 2.13. The highest BCUT2D eigenvalue weighted by atomic mass is 15.3. The minimum Gasteiger partial charge on any atom is -0.314 e. The lowest BCUT2D eigenvalue weighted by Gasteiger charge is -2.36. The van der Waals surface area contributed by atoms with E-state index in [2.05, 4.69) is 28.9 Å². The predicted molar refractivity (Wildman–Crippen MR) is 81.6 cm³/mol. The van der Waals surface area contributed by atoms with Gasteiger partial charge in [-0.1, -0.05) is 12.8 Å². The van der Waals surface area contributed by atoms with Crippen LogP contribution in [0.4, 0.5) is 0 Å². The Morgan fingerprint density at radius 3 is 2.85 bits per heavy atom. The van der Waals surface area contributed by atoms with E-state index in [1.165, 1.54) is 50.6 Å². The topological polar surface area (TPSA) is 41.9 Å². The van der Waals surface area contributed by atoms with Crippen LogP contribution in [-0.4, -0.2) is 28.4 Å². The van der Waals surface area contributed by atoms with Gasteiger partial charge in [0.15, 0.2) is 0 Å². The Balaban J connectivity index is 1.60. The molecule has 1 aliphatic heterocycles. The Bertz CT molecular complexity index is 434. The quantitative estimate of drug-likeness (QED) is 0.885. The molecule has 1 saturated carbocycles. The van der Waals surface area contributed by atoms with Crippen molar-refractivity contribution in [3.8, 4) is 0 Å². The second-order valence-electron chi connectivity index (χ2n) is 6.55. The largest absolute Gasteiger partial charge is 0.314 e. The van der Waals surface area contributed by atoms with Crippen molar-refractivity contribution in [2.24, 2.45) is 13.0 Å². The van der Waals surface area contributed by atoms with Crippen molar-refractivity contribution in [1.82, 2.24) is 20.4 Å². The van der Waals surface area contributed by atoms with Gasteiger partial charge in [0.05, 0.1) is 5.69 Å². The van der Waals surface area contributed by atoms with Gasteiger partial charge in [-0.05, 0) is 45.1 Å². The van der Waals surface area contributed by atoms with Gasteiger partial charge in [0.1, 0.15) is 0 Å². The van der Waals surface area contributed by atoms with Crippen molar-refractivity contribution in [2.45, 2.75) is 64.1 Å².